The Morgan fingerprint density at radius 3 is 2.92 bits per heavy atom. The van der Waals surface area contributed by atoms with Crippen molar-refractivity contribution in [2.75, 3.05) is 33.2 Å². The Hall–Kier alpha value is -1.83. The van der Waals surface area contributed by atoms with E-state index in [1.807, 2.05) is 4.57 Å². The average molecular weight is 364 g/mol. The maximum absolute atomic E-state index is 12.3. The van der Waals surface area contributed by atoms with Gasteiger partial charge in [-0.1, -0.05) is 6.92 Å². The van der Waals surface area contributed by atoms with Crippen LogP contribution < -0.4 is 16.3 Å². The number of hydrogen-bond acceptors (Lipinski definition) is 4. The summed E-state index contributed by atoms with van der Waals surface area (Å²) in [6.07, 6.45) is 6.53. The molecule has 0 radical (unpaired) electrons. The average Bonchev–Trinajstić information content (AvgIpc) is 3.25. The van der Waals surface area contributed by atoms with Crippen molar-refractivity contribution in [2.45, 2.75) is 64.6 Å². The lowest BCUT2D eigenvalue weighted by Crippen LogP contribution is -2.45. The highest BCUT2D eigenvalue weighted by molar-refractivity contribution is 5.79. The monoisotopic (exact) mass is 363 g/mol. The largest absolute Gasteiger partial charge is 0.356 e. The molecular weight excluding hydrogens is 330 g/mol. The molecule has 0 amide bonds. The number of likely N-dealkylation sites (tertiary alicyclic amines) is 1. The van der Waals surface area contributed by atoms with Crippen molar-refractivity contribution in [3.63, 3.8) is 0 Å². The number of aryl methyl sites for hydroxylation is 2. The molecule has 1 atom stereocenters. The highest BCUT2D eigenvalue weighted by Crippen LogP contribution is 2.15. The maximum Gasteiger partial charge on any atom is 0.345 e. The fourth-order valence-electron chi connectivity index (χ4n) is 4.01. The smallest absolute Gasteiger partial charge is 0.345 e. The van der Waals surface area contributed by atoms with Crippen LogP contribution in [0.5, 0.6) is 0 Å². The molecule has 0 saturated carbocycles. The number of fused-ring (bicyclic) bond motifs is 1. The second-order valence-corrected chi connectivity index (χ2v) is 7.19. The Morgan fingerprint density at radius 2 is 2.15 bits per heavy atom. The minimum absolute atomic E-state index is 0.0445. The van der Waals surface area contributed by atoms with E-state index < -0.39 is 0 Å². The first kappa shape index (κ1) is 18.9. The normalized spacial score (nSPS) is 21.0. The lowest BCUT2D eigenvalue weighted by molar-refractivity contribution is 0.267. The molecule has 2 aliphatic heterocycles. The molecule has 3 heterocycles. The molecule has 8 heteroatoms. The summed E-state index contributed by atoms with van der Waals surface area (Å²) in [6, 6.07) is 0.606. The zero-order valence-electron chi connectivity index (χ0n) is 16.2. The number of nitrogens with one attached hydrogen (secondary N) is 2. The van der Waals surface area contributed by atoms with Crippen molar-refractivity contribution in [1.82, 2.24) is 29.9 Å². The minimum Gasteiger partial charge on any atom is -0.356 e. The Bertz CT molecular complexity index is 663. The lowest BCUT2D eigenvalue weighted by Gasteiger charge is -2.23. The van der Waals surface area contributed by atoms with Gasteiger partial charge in [0.15, 0.2) is 5.96 Å². The third-order valence-electron chi connectivity index (χ3n) is 5.50. The van der Waals surface area contributed by atoms with E-state index in [2.05, 4.69) is 32.5 Å². The molecular formula is C18H33N7O. The predicted octanol–water partition coefficient (Wildman–Crippen LogP) is 0.421. The number of hydrogen-bond donors (Lipinski definition) is 2. The van der Waals surface area contributed by atoms with Gasteiger partial charge in [-0.25, -0.2) is 9.48 Å². The summed E-state index contributed by atoms with van der Waals surface area (Å²) in [5, 5.41) is 11.3. The Balaban J connectivity index is 1.40. The van der Waals surface area contributed by atoms with Gasteiger partial charge in [0.2, 0.25) is 0 Å². The topological polar surface area (TPSA) is 79.5 Å². The summed E-state index contributed by atoms with van der Waals surface area (Å²) in [7, 11) is 1.80. The molecule has 0 aromatic carbocycles. The lowest BCUT2D eigenvalue weighted by atomic mass is 10.2. The number of likely N-dealkylation sites (N-methyl/N-ethyl adjacent to an activating group) is 1. The van der Waals surface area contributed by atoms with Crippen molar-refractivity contribution in [3.05, 3.63) is 16.3 Å². The highest BCUT2D eigenvalue weighted by Gasteiger charge is 2.22. The maximum atomic E-state index is 12.3. The molecule has 1 aromatic heterocycles. The van der Waals surface area contributed by atoms with Crippen LogP contribution in [0.25, 0.3) is 0 Å². The van der Waals surface area contributed by atoms with Crippen LogP contribution in [0.4, 0.5) is 0 Å². The Kier molecular flexibility index (Phi) is 6.71. The van der Waals surface area contributed by atoms with Gasteiger partial charge in [-0.15, -0.1) is 0 Å². The van der Waals surface area contributed by atoms with Gasteiger partial charge in [0.05, 0.1) is 0 Å². The molecule has 1 unspecified atom stereocenters. The fraction of sp³-hybridized carbons (Fsp3) is 0.833. The second-order valence-electron chi connectivity index (χ2n) is 7.19. The summed E-state index contributed by atoms with van der Waals surface area (Å²) < 4.78 is 3.45. The van der Waals surface area contributed by atoms with Crippen molar-refractivity contribution < 1.29 is 0 Å². The Morgan fingerprint density at radius 1 is 1.27 bits per heavy atom. The van der Waals surface area contributed by atoms with Crippen molar-refractivity contribution in [3.8, 4) is 0 Å². The van der Waals surface area contributed by atoms with E-state index in [1.54, 1.807) is 11.7 Å². The minimum atomic E-state index is 0.0445. The zero-order chi connectivity index (χ0) is 18.4. The number of nitrogens with zero attached hydrogens (tertiary/aromatic N) is 5. The summed E-state index contributed by atoms with van der Waals surface area (Å²) in [5.41, 5.74) is 0.0445. The van der Waals surface area contributed by atoms with Gasteiger partial charge in [0.25, 0.3) is 0 Å². The molecule has 0 spiro atoms. The van der Waals surface area contributed by atoms with Crippen LogP contribution in [0, 0.1) is 0 Å². The van der Waals surface area contributed by atoms with Crippen LogP contribution in [0.1, 0.15) is 44.9 Å². The van der Waals surface area contributed by atoms with E-state index in [-0.39, 0.29) is 5.69 Å². The quantitative estimate of drug-likeness (QED) is 0.417. The fourth-order valence-corrected chi connectivity index (χ4v) is 4.01. The number of rotatable bonds is 7. The molecule has 146 valence electrons. The van der Waals surface area contributed by atoms with Crippen LogP contribution in [-0.2, 0) is 19.5 Å². The molecule has 1 saturated heterocycles. The van der Waals surface area contributed by atoms with Gasteiger partial charge in [-0.2, -0.15) is 5.10 Å². The highest BCUT2D eigenvalue weighted by atomic mass is 16.2. The van der Waals surface area contributed by atoms with Crippen LogP contribution in [-0.4, -0.2) is 64.5 Å². The standard InChI is InChI=1S/C18H33N7O/c1-3-23-11-6-8-15(23)14-21-17(19-2)20-10-7-13-25-18(26)24-12-5-4-9-16(24)22-25/h15H,3-14H2,1-2H3,(H2,19,20,21). The van der Waals surface area contributed by atoms with Crippen LogP contribution in [0.2, 0.25) is 0 Å². The predicted molar refractivity (Wildman–Crippen MR) is 104 cm³/mol. The van der Waals surface area contributed by atoms with Crippen LogP contribution in [0.3, 0.4) is 0 Å². The van der Waals surface area contributed by atoms with E-state index in [1.165, 1.54) is 19.4 Å². The van der Waals surface area contributed by atoms with E-state index in [4.69, 9.17) is 0 Å². The van der Waals surface area contributed by atoms with Gasteiger partial charge in [0, 0.05) is 45.7 Å². The second kappa shape index (κ2) is 9.21. The first-order valence-electron chi connectivity index (χ1n) is 10.1. The Labute approximate surface area is 155 Å². The third-order valence-corrected chi connectivity index (χ3v) is 5.50. The summed E-state index contributed by atoms with van der Waals surface area (Å²) in [5.74, 6) is 1.79. The molecule has 1 aromatic rings. The summed E-state index contributed by atoms with van der Waals surface area (Å²) in [4.78, 5) is 19.1. The summed E-state index contributed by atoms with van der Waals surface area (Å²) in [6.45, 7) is 7.71. The molecule has 0 aliphatic carbocycles. The first-order valence-corrected chi connectivity index (χ1v) is 10.1. The van der Waals surface area contributed by atoms with Crippen molar-refractivity contribution in [2.24, 2.45) is 4.99 Å². The molecule has 0 bridgehead atoms. The van der Waals surface area contributed by atoms with Gasteiger partial charge in [0.1, 0.15) is 5.82 Å². The SMILES string of the molecule is CCN1CCCC1CNC(=NC)NCCCn1nc2n(c1=O)CCCC2. The van der Waals surface area contributed by atoms with E-state index in [9.17, 15) is 4.79 Å². The van der Waals surface area contributed by atoms with Crippen LogP contribution in [0.15, 0.2) is 9.79 Å². The zero-order valence-corrected chi connectivity index (χ0v) is 16.2. The summed E-state index contributed by atoms with van der Waals surface area (Å²) >= 11 is 0. The molecule has 2 N–H and O–H groups in total. The van der Waals surface area contributed by atoms with Crippen molar-refractivity contribution >= 4 is 5.96 Å². The molecule has 26 heavy (non-hydrogen) atoms. The molecule has 3 rings (SSSR count). The van der Waals surface area contributed by atoms with Gasteiger partial charge >= 0.3 is 5.69 Å². The first-order chi connectivity index (χ1) is 12.7. The van der Waals surface area contributed by atoms with Gasteiger partial charge in [-0.3, -0.25) is 14.5 Å². The van der Waals surface area contributed by atoms with Gasteiger partial charge < -0.3 is 10.6 Å². The number of aromatic nitrogens is 3. The van der Waals surface area contributed by atoms with E-state index in [0.29, 0.717) is 12.6 Å². The molecule has 1 fully saturated rings. The van der Waals surface area contributed by atoms with Crippen molar-refractivity contribution in [1.29, 1.82) is 0 Å². The van der Waals surface area contributed by atoms with Gasteiger partial charge in [-0.05, 0) is 45.2 Å². The number of aliphatic imine (C=N–C) groups is 1. The molecule has 2 aliphatic rings. The van der Waals surface area contributed by atoms with E-state index >= 15 is 0 Å². The molecule has 8 nitrogen and oxygen atoms in total. The number of guanidine groups is 1. The van der Waals surface area contributed by atoms with E-state index in [0.717, 1.165) is 63.6 Å². The third kappa shape index (κ3) is 4.47. The van der Waals surface area contributed by atoms with Crippen LogP contribution >= 0.6 is 0 Å².